The van der Waals surface area contributed by atoms with Crippen molar-refractivity contribution in [1.29, 1.82) is 0 Å². The first-order valence-corrected chi connectivity index (χ1v) is 8.77. The molecule has 1 aromatic rings. The molecular weight excluding hydrogens is 256 g/mol. The minimum absolute atomic E-state index is 0.893. The second kappa shape index (κ2) is 5.94. The van der Waals surface area contributed by atoms with E-state index in [9.17, 15) is 0 Å². The molecule has 2 fully saturated rings. The van der Waals surface area contributed by atoms with Gasteiger partial charge in [0.05, 0.1) is 25.2 Å². The summed E-state index contributed by atoms with van der Waals surface area (Å²) in [6, 6.07) is 12.8. The van der Waals surface area contributed by atoms with Crippen LogP contribution in [-0.2, 0) is 6.54 Å². The number of likely N-dealkylation sites (tertiary alicyclic amines) is 1. The zero-order valence-electron chi connectivity index (χ0n) is 12.9. The molecular formula is C19H28N2+2. The number of allylic oxidation sites excluding steroid dienone is 1. The minimum Gasteiger partial charge on any atom is -0.341 e. The summed E-state index contributed by atoms with van der Waals surface area (Å²) >= 11 is 0. The smallest absolute Gasteiger partial charge is 0.103 e. The molecule has 0 radical (unpaired) electrons. The van der Waals surface area contributed by atoms with Crippen molar-refractivity contribution in [3.8, 4) is 0 Å². The molecule has 0 aromatic heterocycles. The molecule has 4 rings (SSSR count). The van der Waals surface area contributed by atoms with Gasteiger partial charge < -0.3 is 10.2 Å². The standard InChI is InChI=1S/C19H26N2/c1-2-5-15(6-3-1)14-21-11-9-17(10-12-21)20-19-13-16-7-4-8-18(16)19/h1-6,8,16-20H,7,9-14H2/p+2/t16-,18+,19+/m1/s1. The SMILES string of the molecule is C1=C[C@H]2[C@H](C1)C[C@@H]2[NH2+]C1CC[NH+](Cc2ccccc2)CC1. The monoisotopic (exact) mass is 284 g/mol. The lowest BCUT2D eigenvalue weighted by Crippen LogP contribution is -3.14. The van der Waals surface area contributed by atoms with Crippen LogP contribution in [0.3, 0.4) is 0 Å². The van der Waals surface area contributed by atoms with E-state index in [0.717, 1.165) is 23.9 Å². The Kier molecular flexibility index (Phi) is 3.83. The Morgan fingerprint density at radius 2 is 1.90 bits per heavy atom. The van der Waals surface area contributed by atoms with Gasteiger partial charge in [-0.05, 0) is 12.3 Å². The van der Waals surface area contributed by atoms with Crippen molar-refractivity contribution >= 4 is 0 Å². The first-order chi connectivity index (χ1) is 10.4. The van der Waals surface area contributed by atoms with Crippen molar-refractivity contribution in [3.63, 3.8) is 0 Å². The fourth-order valence-corrected chi connectivity index (χ4v) is 4.64. The van der Waals surface area contributed by atoms with E-state index in [1.54, 1.807) is 4.90 Å². The average Bonchev–Trinajstić information content (AvgIpc) is 2.89. The molecule has 112 valence electrons. The van der Waals surface area contributed by atoms with Crippen molar-refractivity contribution in [1.82, 2.24) is 0 Å². The van der Waals surface area contributed by atoms with Crippen LogP contribution in [0.15, 0.2) is 42.5 Å². The number of benzene rings is 1. The second-order valence-electron chi connectivity index (χ2n) is 7.34. The van der Waals surface area contributed by atoms with Crippen molar-refractivity contribution in [3.05, 3.63) is 48.0 Å². The molecule has 0 bridgehead atoms. The highest BCUT2D eigenvalue weighted by Gasteiger charge is 2.45. The number of hydrogen-bond acceptors (Lipinski definition) is 0. The Morgan fingerprint density at radius 1 is 1.10 bits per heavy atom. The first-order valence-electron chi connectivity index (χ1n) is 8.77. The molecule has 0 spiro atoms. The van der Waals surface area contributed by atoms with Crippen LogP contribution in [0.25, 0.3) is 0 Å². The van der Waals surface area contributed by atoms with Crippen LogP contribution in [0.2, 0.25) is 0 Å². The van der Waals surface area contributed by atoms with Crippen molar-refractivity contribution in [2.45, 2.75) is 44.3 Å². The van der Waals surface area contributed by atoms with Gasteiger partial charge in [0, 0.05) is 30.7 Å². The minimum atomic E-state index is 0.893. The van der Waals surface area contributed by atoms with E-state index in [1.165, 1.54) is 50.9 Å². The van der Waals surface area contributed by atoms with Gasteiger partial charge in [-0.25, -0.2) is 0 Å². The number of nitrogens with one attached hydrogen (secondary N) is 1. The lowest BCUT2D eigenvalue weighted by atomic mass is 9.71. The highest BCUT2D eigenvalue weighted by molar-refractivity contribution is 5.13. The number of fused-ring (bicyclic) bond motifs is 1. The summed E-state index contributed by atoms with van der Waals surface area (Å²) in [5.41, 5.74) is 1.49. The Labute approximate surface area is 128 Å². The normalized spacial score (nSPS) is 38.0. The van der Waals surface area contributed by atoms with Gasteiger partial charge in [0.1, 0.15) is 6.54 Å². The molecule has 1 saturated heterocycles. The summed E-state index contributed by atoms with van der Waals surface area (Å²) in [6.07, 6.45) is 10.5. The fraction of sp³-hybridized carbons (Fsp3) is 0.579. The van der Waals surface area contributed by atoms with Gasteiger partial charge in [-0.3, -0.25) is 0 Å². The molecule has 21 heavy (non-hydrogen) atoms. The van der Waals surface area contributed by atoms with E-state index in [-0.39, 0.29) is 0 Å². The molecule has 2 aliphatic carbocycles. The summed E-state index contributed by atoms with van der Waals surface area (Å²) in [4.78, 5) is 1.78. The zero-order valence-corrected chi connectivity index (χ0v) is 12.9. The number of piperidine rings is 1. The number of rotatable bonds is 4. The molecule has 1 saturated carbocycles. The molecule has 1 aliphatic heterocycles. The van der Waals surface area contributed by atoms with Crippen LogP contribution >= 0.6 is 0 Å². The van der Waals surface area contributed by atoms with Gasteiger partial charge in [0.15, 0.2) is 0 Å². The van der Waals surface area contributed by atoms with E-state index in [2.05, 4.69) is 47.8 Å². The third kappa shape index (κ3) is 2.93. The first kappa shape index (κ1) is 13.5. The maximum atomic E-state index is 2.73. The largest absolute Gasteiger partial charge is 0.341 e. The lowest BCUT2D eigenvalue weighted by molar-refractivity contribution is -0.927. The molecule has 1 heterocycles. The van der Waals surface area contributed by atoms with Crippen LogP contribution in [-0.4, -0.2) is 25.2 Å². The number of hydrogen-bond donors (Lipinski definition) is 2. The van der Waals surface area contributed by atoms with E-state index in [4.69, 9.17) is 0 Å². The molecule has 3 aliphatic rings. The predicted molar refractivity (Wildman–Crippen MR) is 84.9 cm³/mol. The molecule has 3 atom stereocenters. The zero-order chi connectivity index (χ0) is 14.1. The van der Waals surface area contributed by atoms with Gasteiger partial charge in [0.2, 0.25) is 0 Å². The Morgan fingerprint density at radius 3 is 2.67 bits per heavy atom. The molecule has 2 nitrogen and oxygen atoms in total. The van der Waals surface area contributed by atoms with Crippen LogP contribution in [0, 0.1) is 11.8 Å². The van der Waals surface area contributed by atoms with Gasteiger partial charge in [-0.2, -0.15) is 0 Å². The average molecular weight is 284 g/mol. The molecule has 2 heteroatoms. The van der Waals surface area contributed by atoms with Crippen LogP contribution in [0.4, 0.5) is 0 Å². The molecule has 3 N–H and O–H groups in total. The van der Waals surface area contributed by atoms with Crippen molar-refractivity contribution in [2.75, 3.05) is 13.1 Å². The quantitative estimate of drug-likeness (QED) is 0.762. The molecule has 0 amide bonds. The van der Waals surface area contributed by atoms with Crippen molar-refractivity contribution < 1.29 is 10.2 Å². The summed E-state index contributed by atoms with van der Waals surface area (Å²) < 4.78 is 0. The van der Waals surface area contributed by atoms with Gasteiger partial charge in [-0.1, -0.05) is 42.5 Å². The van der Waals surface area contributed by atoms with Gasteiger partial charge in [0.25, 0.3) is 0 Å². The fourth-order valence-electron chi connectivity index (χ4n) is 4.64. The Hall–Kier alpha value is -1.12. The van der Waals surface area contributed by atoms with Crippen LogP contribution in [0.5, 0.6) is 0 Å². The summed E-state index contributed by atoms with van der Waals surface area (Å²) in [7, 11) is 0. The van der Waals surface area contributed by atoms with Gasteiger partial charge >= 0.3 is 0 Å². The van der Waals surface area contributed by atoms with Gasteiger partial charge in [-0.15, -0.1) is 0 Å². The highest BCUT2D eigenvalue weighted by Crippen LogP contribution is 2.40. The van der Waals surface area contributed by atoms with Crippen LogP contribution < -0.4 is 10.2 Å². The maximum Gasteiger partial charge on any atom is 0.103 e. The Bertz CT molecular complexity index is 488. The third-order valence-electron chi connectivity index (χ3n) is 5.96. The predicted octanol–water partition coefficient (Wildman–Crippen LogP) is 0.762. The van der Waals surface area contributed by atoms with E-state index >= 15 is 0 Å². The maximum absolute atomic E-state index is 2.73. The Balaban J connectivity index is 1.23. The van der Waals surface area contributed by atoms with E-state index in [0.29, 0.717) is 0 Å². The number of nitrogens with two attached hydrogens (primary N) is 1. The third-order valence-corrected chi connectivity index (χ3v) is 5.96. The van der Waals surface area contributed by atoms with Crippen LogP contribution in [0.1, 0.15) is 31.2 Å². The molecule has 1 aromatic carbocycles. The van der Waals surface area contributed by atoms with E-state index in [1.807, 2.05) is 0 Å². The summed E-state index contributed by atoms with van der Waals surface area (Å²) in [5.74, 6) is 1.93. The topological polar surface area (TPSA) is 21.1 Å². The van der Waals surface area contributed by atoms with E-state index < -0.39 is 0 Å². The highest BCUT2D eigenvalue weighted by atomic mass is 15.1. The summed E-state index contributed by atoms with van der Waals surface area (Å²) in [5, 5.41) is 2.73. The summed E-state index contributed by atoms with van der Waals surface area (Å²) in [6.45, 7) is 3.92. The second-order valence-corrected chi connectivity index (χ2v) is 7.34. The number of quaternary nitrogens is 2. The van der Waals surface area contributed by atoms with Crippen molar-refractivity contribution in [2.24, 2.45) is 11.8 Å². The molecule has 0 unspecified atom stereocenters. The lowest BCUT2D eigenvalue weighted by Gasteiger charge is -2.40.